The van der Waals surface area contributed by atoms with Crippen LogP contribution in [0.3, 0.4) is 0 Å². The molecule has 0 amide bonds. The topological polar surface area (TPSA) is 46.5 Å². The maximum atomic E-state index is 11.4. The first kappa shape index (κ1) is 22.2. The minimum Gasteiger partial charge on any atom is -0.457 e. The first-order valence-corrected chi connectivity index (χ1v) is 9.59. The van der Waals surface area contributed by atoms with Crippen LogP contribution in [0.5, 0.6) is 0 Å². The fourth-order valence-corrected chi connectivity index (χ4v) is 2.65. The van der Waals surface area contributed by atoms with E-state index in [1.165, 1.54) is 64.2 Å². The van der Waals surface area contributed by atoms with E-state index in [1.807, 2.05) is 0 Å². The zero-order chi connectivity index (χ0) is 17.3. The summed E-state index contributed by atoms with van der Waals surface area (Å²) < 4.78 is 5.17. The molecule has 0 aliphatic carbocycles. The smallest absolute Gasteiger partial charge is 0.333 e. The van der Waals surface area contributed by atoms with Crippen molar-refractivity contribution in [3.05, 3.63) is 12.2 Å². The Kier molecular flexibility index (Phi) is 15.5. The number of ether oxygens (including phenoxy) is 1. The molecule has 0 aromatic carbocycles. The predicted octanol–water partition coefficient (Wildman–Crippen LogP) is 5.56. The lowest BCUT2D eigenvalue weighted by molar-refractivity contribution is -0.146. The van der Waals surface area contributed by atoms with Crippen molar-refractivity contribution in [1.82, 2.24) is 0 Å². The number of aliphatic hydroxyl groups is 1. The second-order valence-electron chi connectivity index (χ2n) is 6.67. The van der Waals surface area contributed by atoms with Gasteiger partial charge in [-0.1, -0.05) is 84.1 Å². The van der Waals surface area contributed by atoms with Crippen LogP contribution in [0.4, 0.5) is 0 Å². The quantitative estimate of drug-likeness (QED) is 0.229. The minimum absolute atomic E-state index is 0.100. The molecule has 0 bridgehead atoms. The van der Waals surface area contributed by atoms with Crippen molar-refractivity contribution < 1.29 is 14.6 Å². The second kappa shape index (κ2) is 16.0. The van der Waals surface area contributed by atoms with Gasteiger partial charge in [-0.15, -0.1) is 0 Å². The van der Waals surface area contributed by atoms with Crippen molar-refractivity contribution in [3.8, 4) is 0 Å². The summed E-state index contributed by atoms with van der Waals surface area (Å²) in [4.78, 5) is 11.4. The number of aliphatic hydroxyl groups excluding tert-OH is 1. The zero-order valence-electron chi connectivity index (χ0n) is 15.4. The molecule has 23 heavy (non-hydrogen) atoms. The molecular formula is C20H38O3. The van der Waals surface area contributed by atoms with Crippen molar-refractivity contribution in [1.29, 1.82) is 0 Å². The Bertz CT molecular complexity index is 299. The zero-order valence-corrected chi connectivity index (χ0v) is 15.4. The van der Waals surface area contributed by atoms with Gasteiger partial charge in [-0.2, -0.15) is 0 Å². The SMILES string of the molecule is C=C(C)C(=O)OC(CO)CCCCCCCCCCCCCC. The van der Waals surface area contributed by atoms with Gasteiger partial charge in [0.05, 0.1) is 6.61 Å². The van der Waals surface area contributed by atoms with E-state index >= 15 is 0 Å². The Morgan fingerprint density at radius 2 is 1.35 bits per heavy atom. The van der Waals surface area contributed by atoms with Gasteiger partial charge in [-0.3, -0.25) is 0 Å². The van der Waals surface area contributed by atoms with Crippen LogP contribution < -0.4 is 0 Å². The van der Waals surface area contributed by atoms with E-state index in [4.69, 9.17) is 4.74 Å². The molecule has 0 aromatic heterocycles. The lowest BCUT2D eigenvalue weighted by Crippen LogP contribution is -2.22. The van der Waals surface area contributed by atoms with Gasteiger partial charge in [-0.25, -0.2) is 4.79 Å². The molecule has 0 radical (unpaired) electrons. The number of hydrogen-bond donors (Lipinski definition) is 1. The average Bonchev–Trinajstić information content (AvgIpc) is 2.54. The van der Waals surface area contributed by atoms with E-state index < -0.39 is 5.97 Å². The first-order chi connectivity index (χ1) is 11.1. The van der Waals surface area contributed by atoms with E-state index in [0.29, 0.717) is 5.57 Å². The summed E-state index contributed by atoms with van der Waals surface area (Å²) >= 11 is 0. The van der Waals surface area contributed by atoms with Gasteiger partial charge in [0, 0.05) is 5.57 Å². The van der Waals surface area contributed by atoms with Gasteiger partial charge in [0.2, 0.25) is 0 Å². The van der Waals surface area contributed by atoms with Gasteiger partial charge in [0.25, 0.3) is 0 Å². The van der Waals surface area contributed by atoms with E-state index in [1.54, 1.807) is 6.92 Å². The van der Waals surface area contributed by atoms with Crippen molar-refractivity contribution in [2.75, 3.05) is 6.61 Å². The van der Waals surface area contributed by atoms with Crippen LogP contribution >= 0.6 is 0 Å². The molecule has 0 heterocycles. The summed E-state index contributed by atoms with van der Waals surface area (Å²) in [6.07, 6.45) is 16.0. The average molecular weight is 327 g/mol. The summed E-state index contributed by atoms with van der Waals surface area (Å²) in [5.74, 6) is -0.400. The third-order valence-corrected chi connectivity index (χ3v) is 4.21. The van der Waals surface area contributed by atoms with Crippen LogP contribution in [-0.4, -0.2) is 23.8 Å². The highest BCUT2D eigenvalue weighted by Crippen LogP contribution is 2.14. The number of carbonyl (C=O) groups is 1. The van der Waals surface area contributed by atoms with Gasteiger partial charge in [0.15, 0.2) is 0 Å². The normalized spacial score (nSPS) is 12.1. The minimum atomic E-state index is -0.400. The number of hydrogen-bond acceptors (Lipinski definition) is 3. The molecule has 3 heteroatoms. The van der Waals surface area contributed by atoms with E-state index in [9.17, 15) is 9.90 Å². The van der Waals surface area contributed by atoms with Crippen molar-refractivity contribution in [2.24, 2.45) is 0 Å². The summed E-state index contributed by atoms with van der Waals surface area (Å²) in [5, 5.41) is 9.23. The molecule has 0 saturated carbocycles. The van der Waals surface area contributed by atoms with E-state index in [-0.39, 0.29) is 12.7 Å². The fraction of sp³-hybridized carbons (Fsp3) is 0.850. The largest absolute Gasteiger partial charge is 0.457 e. The molecule has 0 spiro atoms. The van der Waals surface area contributed by atoms with Gasteiger partial charge < -0.3 is 9.84 Å². The molecule has 136 valence electrons. The molecule has 0 aliphatic heterocycles. The lowest BCUT2D eigenvalue weighted by atomic mass is 10.0. The monoisotopic (exact) mass is 326 g/mol. The van der Waals surface area contributed by atoms with Crippen LogP contribution in [0.25, 0.3) is 0 Å². The van der Waals surface area contributed by atoms with E-state index in [2.05, 4.69) is 13.5 Å². The maximum Gasteiger partial charge on any atom is 0.333 e. The predicted molar refractivity (Wildman–Crippen MR) is 97.5 cm³/mol. The van der Waals surface area contributed by atoms with Crippen molar-refractivity contribution in [2.45, 2.75) is 103 Å². The molecule has 0 aliphatic rings. The van der Waals surface area contributed by atoms with Crippen LogP contribution in [0, 0.1) is 0 Å². The standard InChI is InChI=1S/C20H38O3/c1-4-5-6-7-8-9-10-11-12-13-14-15-16-19(17-21)23-20(22)18(2)3/h19,21H,2,4-17H2,1,3H3. The molecule has 0 saturated heterocycles. The maximum absolute atomic E-state index is 11.4. The first-order valence-electron chi connectivity index (χ1n) is 9.59. The van der Waals surface area contributed by atoms with Gasteiger partial charge >= 0.3 is 5.97 Å². The molecule has 0 fully saturated rings. The van der Waals surface area contributed by atoms with Gasteiger partial charge in [0.1, 0.15) is 6.10 Å². The molecule has 1 atom stereocenters. The number of carbonyl (C=O) groups excluding carboxylic acids is 1. The highest BCUT2D eigenvalue weighted by atomic mass is 16.6. The Labute approximate surface area is 143 Å². The summed E-state index contributed by atoms with van der Waals surface area (Å²) in [6, 6.07) is 0. The number of unbranched alkanes of at least 4 members (excludes halogenated alkanes) is 11. The van der Waals surface area contributed by atoms with E-state index in [0.717, 1.165) is 19.3 Å². The van der Waals surface area contributed by atoms with Crippen LogP contribution in [0.2, 0.25) is 0 Å². The highest BCUT2D eigenvalue weighted by molar-refractivity contribution is 5.87. The van der Waals surface area contributed by atoms with Gasteiger partial charge in [-0.05, 0) is 19.8 Å². The Morgan fingerprint density at radius 1 is 0.913 bits per heavy atom. The summed E-state index contributed by atoms with van der Waals surface area (Å²) in [5.41, 5.74) is 0.387. The molecule has 0 aromatic rings. The summed E-state index contributed by atoms with van der Waals surface area (Å²) in [7, 11) is 0. The molecule has 1 unspecified atom stereocenters. The Morgan fingerprint density at radius 3 is 1.74 bits per heavy atom. The Hall–Kier alpha value is -0.830. The van der Waals surface area contributed by atoms with Crippen molar-refractivity contribution in [3.63, 3.8) is 0 Å². The van der Waals surface area contributed by atoms with Crippen LogP contribution in [-0.2, 0) is 9.53 Å². The molecular weight excluding hydrogens is 288 g/mol. The third kappa shape index (κ3) is 14.5. The fourth-order valence-electron chi connectivity index (χ4n) is 2.65. The van der Waals surface area contributed by atoms with Crippen LogP contribution in [0.1, 0.15) is 97.3 Å². The third-order valence-electron chi connectivity index (χ3n) is 4.21. The molecule has 1 N–H and O–H groups in total. The lowest BCUT2D eigenvalue weighted by Gasteiger charge is -2.15. The Balaban J connectivity index is 3.37. The molecule has 0 rings (SSSR count). The van der Waals surface area contributed by atoms with Crippen LogP contribution in [0.15, 0.2) is 12.2 Å². The van der Waals surface area contributed by atoms with Crippen molar-refractivity contribution >= 4 is 5.97 Å². The number of rotatable bonds is 16. The second-order valence-corrected chi connectivity index (χ2v) is 6.67. The molecule has 3 nitrogen and oxygen atoms in total. The highest BCUT2D eigenvalue weighted by Gasteiger charge is 2.13. The number of esters is 1. The summed E-state index contributed by atoms with van der Waals surface area (Å²) in [6.45, 7) is 7.33.